The summed E-state index contributed by atoms with van der Waals surface area (Å²) in [6, 6.07) is 0. The molecule has 134 valence electrons. The van der Waals surface area contributed by atoms with Crippen LogP contribution in [0.3, 0.4) is 0 Å². The van der Waals surface area contributed by atoms with Crippen molar-refractivity contribution in [3.05, 3.63) is 24.3 Å². The maximum absolute atomic E-state index is 9.84. The lowest BCUT2D eigenvalue weighted by molar-refractivity contribution is -0.299. The third-order valence-electron chi connectivity index (χ3n) is 3.91. The van der Waals surface area contributed by atoms with Crippen molar-refractivity contribution < 1.29 is 35.0 Å². The van der Waals surface area contributed by atoms with E-state index in [9.17, 15) is 20.4 Å². The van der Waals surface area contributed by atoms with Gasteiger partial charge in [0.1, 0.15) is 24.4 Å². The summed E-state index contributed by atoms with van der Waals surface area (Å²) >= 11 is 0. The summed E-state index contributed by atoms with van der Waals surface area (Å²) in [6.07, 6.45) is -1.83. The molecule has 0 aromatic heterocycles. The summed E-state index contributed by atoms with van der Waals surface area (Å²) in [6.45, 7) is 6.72. The Morgan fingerprint density at radius 2 is 1.91 bits per heavy atom. The molecule has 0 aliphatic carbocycles. The van der Waals surface area contributed by atoms with E-state index >= 15 is 0 Å². The number of hydrogen-bond donors (Lipinski definition) is 5. The highest BCUT2D eigenvalue weighted by Gasteiger charge is 2.43. The molecule has 6 atom stereocenters. The molecular weight excluding hydrogens is 304 g/mol. The van der Waals surface area contributed by atoms with E-state index in [1.807, 2.05) is 13.0 Å². The van der Waals surface area contributed by atoms with Crippen molar-refractivity contribution in [1.82, 2.24) is 0 Å². The minimum Gasteiger partial charge on any atom is -0.394 e. The van der Waals surface area contributed by atoms with Gasteiger partial charge in [-0.25, -0.2) is 0 Å². The van der Waals surface area contributed by atoms with Gasteiger partial charge in [-0.05, 0) is 26.7 Å². The minimum atomic E-state index is -1.45. The van der Waals surface area contributed by atoms with Gasteiger partial charge in [-0.3, -0.25) is 0 Å². The van der Waals surface area contributed by atoms with Crippen LogP contribution in [0.25, 0.3) is 0 Å². The average Bonchev–Trinajstić information content (AvgIpc) is 2.52. The fourth-order valence-electron chi connectivity index (χ4n) is 2.19. The molecule has 1 aliphatic rings. The molecule has 0 amide bonds. The van der Waals surface area contributed by atoms with Gasteiger partial charge in [0.15, 0.2) is 6.29 Å². The molecule has 1 heterocycles. The number of rotatable bonds is 8. The van der Waals surface area contributed by atoms with E-state index < -0.39 is 42.9 Å². The smallest absolute Gasteiger partial charge is 0.187 e. The molecule has 1 aliphatic heterocycles. The zero-order chi connectivity index (χ0) is 17.6. The van der Waals surface area contributed by atoms with Crippen molar-refractivity contribution in [2.75, 3.05) is 13.2 Å². The molecule has 0 saturated carbocycles. The predicted octanol–water partition coefficient (Wildman–Crippen LogP) is -0.534. The SMILES string of the molecule is C=C[C@](C)(O)CC/C=C(/C)CO[C@H]1O[C@H](CO)[C@@H](O)[C@H](O)[C@H]1O. The Balaban J connectivity index is 2.48. The Morgan fingerprint density at radius 3 is 2.48 bits per heavy atom. The fraction of sp³-hybridized carbons (Fsp3) is 0.750. The van der Waals surface area contributed by atoms with Gasteiger partial charge in [0, 0.05) is 0 Å². The number of aliphatic hydroxyl groups is 5. The van der Waals surface area contributed by atoms with Gasteiger partial charge in [0.05, 0.1) is 18.8 Å². The Kier molecular flexibility index (Phi) is 7.82. The topological polar surface area (TPSA) is 120 Å². The Labute approximate surface area is 136 Å². The Hall–Kier alpha value is -0.800. The van der Waals surface area contributed by atoms with Crippen LogP contribution in [0, 0.1) is 0 Å². The molecule has 0 spiro atoms. The number of aliphatic hydroxyl groups excluding tert-OH is 4. The van der Waals surface area contributed by atoms with E-state index in [2.05, 4.69) is 6.58 Å². The van der Waals surface area contributed by atoms with E-state index in [1.54, 1.807) is 6.92 Å². The fourth-order valence-corrected chi connectivity index (χ4v) is 2.19. The molecule has 0 unspecified atom stereocenters. The van der Waals surface area contributed by atoms with Crippen molar-refractivity contribution in [1.29, 1.82) is 0 Å². The maximum atomic E-state index is 9.84. The maximum Gasteiger partial charge on any atom is 0.187 e. The van der Waals surface area contributed by atoms with Crippen LogP contribution in [-0.4, -0.2) is 75.1 Å². The second-order valence-electron chi connectivity index (χ2n) is 6.16. The molecule has 0 aromatic rings. The summed E-state index contributed by atoms with van der Waals surface area (Å²) in [7, 11) is 0. The first kappa shape index (κ1) is 20.2. The summed E-state index contributed by atoms with van der Waals surface area (Å²) < 4.78 is 10.7. The van der Waals surface area contributed by atoms with Crippen LogP contribution >= 0.6 is 0 Å². The molecule has 1 rings (SSSR count). The van der Waals surface area contributed by atoms with E-state index in [0.29, 0.717) is 12.8 Å². The van der Waals surface area contributed by atoms with Crippen LogP contribution < -0.4 is 0 Å². The first-order chi connectivity index (χ1) is 10.7. The van der Waals surface area contributed by atoms with Crippen molar-refractivity contribution in [3.63, 3.8) is 0 Å². The number of hydrogen-bond acceptors (Lipinski definition) is 7. The van der Waals surface area contributed by atoms with E-state index in [1.165, 1.54) is 6.08 Å². The van der Waals surface area contributed by atoms with Crippen LogP contribution in [0.4, 0.5) is 0 Å². The van der Waals surface area contributed by atoms with Crippen molar-refractivity contribution in [3.8, 4) is 0 Å². The Morgan fingerprint density at radius 1 is 1.26 bits per heavy atom. The van der Waals surface area contributed by atoms with Gasteiger partial charge in [-0.2, -0.15) is 0 Å². The lowest BCUT2D eigenvalue weighted by Gasteiger charge is -2.39. The highest BCUT2D eigenvalue weighted by molar-refractivity contribution is 5.01. The third kappa shape index (κ3) is 5.96. The largest absolute Gasteiger partial charge is 0.394 e. The molecule has 1 saturated heterocycles. The average molecular weight is 332 g/mol. The molecule has 0 aromatic carbocycles. The summed E-state index contributed by atoms with van der Waals surface area (Å²) in [5.74, 6) is 0. The van der Waals surface area contributed by atoms with Crippen LogP contribution in [0.2, 0.25) is 0 Å². The van der Waals surface area contributed by atoms with Crippen molar-refractivity contribution in [2.24, 2.45) is 0 Å². The highest BCUT2D eigenvalue weighted by atomic mass is 16.7. The zero-order valence-corrected chi connectivity index (χ0v) is 13.6. The molecule has 0 bridgehead atoms. The lowest BCUT2D eigenvalue weighted by Crippen LogP contribution is -2.59. The number of allylic oxidation sites excluding steroid dienone is 1. The van der Waals surface area contributed by atoms with Crippen LogP contribution in [0.5, 0.6) is 0 Å². The van der Waals surface area contributed by atoms with E-state index in [4.69, 9.17) is 14.6 Å². The number of ether oxygens (including phenoxy) is 2. The molecular formula is C16H28O7. The standard InChI is InChI=1S/C16H28O7/c1-4-16(3,21)7-5-6-10(2)9-22-15-14(20)13(19)12(18)11(8-17)23-15/h4,6,11-15,17-21H,1,5,7-9H2,2-3H3/b10-6-/t11-,12-,13+,14-,15+,16+/m1/s1. The summed E-state index contributed by atoms with van der Waals surface area (Å²) in [5, 5.41) is 48.1. The summed E-state index contributed by atoms with van der Waals surface area (Å²) in [5.41, 5.74) is -0.0589. The molecule has 1 fully saturated rings. The normalized spacial score (nSPS) is 34.9. The van der Waals surface area contributed by atoms with E-state index in [0.717, 1.165) is 5.57 Å². The van der Waals surface area contributed by atoms with Crippen LogP contribution in [0.1, 0.15) is 26.7 Å². The highest BCUT2D eigenvalue weighted by Crippen LogP contribution is 2.22. The first-order valence-electron chi connectivity index (χ1n) is 7.65. The van der Waals surface area contributed by atoms with E-state index in [-0.39, 0.29) is 6.61 Å². The zero-order valence-electron chi connectivity index (χ0n) is 13.6. The second kappa shape index (κ2) is 8.89. The van der Waals surface area contributed by atoms with Gasteiger partial charge < -0.3 is 35.0 Å². The lowest BCUT2D eigenvalue weighted by atomic mass is 9.99. The predicted molar refractivity (Wildman–Crippen MR) is 83.5 cm³/mol. The molecule has 7 heteroatoms. The van der Waals surface area contributed by atoms with Crippen LogP contribution in [0.15, 0.2) is 24.3 Å². The van der Waals surface area contributed by atoms with Gasteiger partial charge in [0.25, 0.3) is 0 Å². The molecule has 0 radical (unpaired) electrons. The van der Waals surface area contributed by atoms with Crippen molar-refractivity contribution >= 4 is 0 Å². The van der Waals surface area contributed by atoms with Gasteiger partial charge in [-0.1, -0.05) is 17.7 Å². The first-order valence-corrected chi connectivity index (χ1v) is 7.65. The second-order valence-corrected chi connectivity index (χ2v) is 6.16. The molecule has 5 N–H and O–H groups in total. The van der Waals surface area contributed by atoms with Crippen molar-refractivity contribution in [2.45, 2.75) is 63.0 Å². The van der Waals surface area contributed by atoms with Gasteiger partial charge in [-0.15, -0.1) is 6.58 Å². The monoisotopic (exact) mass is 332 g/mol. The summed E-state index contributed by atoms with van der Waals surface area (Å²) in [4.78, 5) is 0. The molecule has 7 nitrogen and oxygen atoms in total. The van der Waals surface area contributed by atoms with Crippen LogP contribution in [-0.2, 0) is 9.47 Å². The van der Waals surface area contributed by atoms with Gasteiger partial charge >= 0.3 is 0 Å². The molecule has 23 heavy (non-hydrogen) atoms. The Bertz CT molecular complexity index is 405. The minimum absolute atomic E-state index is 0.152. The van der Waals surface area contributed by atoms with Gasteiger partial charge in [0.2, 0.25) is 0 Å². The third-order valence-corrected chi connectivity index (χ3v) is 3.91. The quantitative estimate of drug-likeness (QED) is 0.379.